The molecule has 0 radical (unpaired) electrons. The lowest BCUT2D eigenvalue weighted by atomic mass is 10.1. The number of rotatable bonds is 3. The Morgan fingerprint density at radius 1 is 1.28 bits per heavy atom. The zero-order valence-corrected chi connectivity index (χ0v) is 10.2. The number of aromatic nitrogens is 1. The van der Waals surface area contributed by atoms with Crippen LogP contribution in [-0.2, 0) is 0 Å². The van der Waals surface area contributed by atoms with Gasteiger partial charge in [0.1, 0.15) is 11.6 Å². The fraction of sp³-hybridized carbons (Fsp3) is 0.214. The molecule has 18 heavy (non-hydrogen) atoms. The maximum atomic E-state index is 13.1. The summed E-state index contributed by atoms with van der Waals surface area (Å²) in [5, 5.41) is 9.51. The van der Waals surface area contributed by atoms with E-state index in [1.165, 1.54) is 19.2 Å². The third kappa shape index (κ3) is 2.49. The van der Waals surface area contributed by atoms with Crippen molar-refractivity contribution in [2.45, 2.75) is 13.0 Å². The molecule has 1 N–H and O–H groups in total. The normalized spacial score (nSPS) is 12.2. The van der Waals surface area contributed by atoms with Crippen LogP contribution in [0.5, 0.6) is 5.75 Å². The molecule has 0 aliphatic carbocycles. The van der Waals surface area contributed by atoms with E-state index in [0.717, 1.165) is 0 Å². The Kier molecular flexibility index (Phi) is 3.58. The Bertz CT molecular complexity index is 555. The molecule has 2 aromatic rings. The number of hydrogen-bond donors (Lipinski definition) is 1. The predicted molar refractivity (Wildman–Crippen MR) is 66.8 cm³/mol. The van der Waals surface area contributed by atoms with E-state index in [9.17, 15) is 9.50 Å². The van der Waals surface area contributed by atoms with Crippen molar-refractivity contribution in [2.75, 3.05) is 7.11 Å². The number of methoxy groups -OCH3 is 1. The van der Waals surface area contributed by atoms with E-state index in [1.807, 2.05) is 0 Å². The van der Waals surface area contributed by atoms with Crippen molar-refractivity contribution >= 4 is 0 Å². The first-order valence-corrected chi connectivity index (χ1v) is 5.60. The van der Waals surface area contributed by atoms with Crippen molar-refractivity contribution in [1.82, 2.24) is 4.98 Å². The second kappa shape index (κ2) is 5.14. The second-order valence-electron chi connectivity index (χ2n) is 3.97. The summed E-state index contributed by atoms with van der Waals surface area (Å²) in [6.07, 6.45) is -0.642. The topological polar surface area (TPSA) is 42.4 Å². The zero-order chi connectivity index (χ0) is 13.1. The van der Waals surface area contributed by atoms with Crippen molar-refractivity contribution in [3.8, 4) is 17.0 Å². The van der Waals surface area contributed by atoms with Crippen LogP contribution in [0.2, 0.25) is 0 Å². The molecule has 0 aliphatic heterocycles. The lowest BCUT2D eigenvalue weighted by Crippen LogP contribution is -1.97. The summed E-state index contributed by atoms with van der Waals surface area (Å²) >= 11 is 0. The number of halogens is 1. The van der Waals surface area contributed by atoms with Crippen LogP contribution in [0.3, 0.4) is 0 Å². The van der Waals surface area contributed by atoms with Gasteiger partial charge in [-0.25, -0.2) is 9.37 Å². The molecule has 0 saturated carbocycles. The number of pyridine rings is 1. The molecular weight excluding hydrogens is 233 g/mol. The Hall–Kier alpha value is -1.94. The van der Waals surface area contributed by atoms with Crippen LogP contribution in [-0.4, -0.2) is 17.2 Å². The van der Waals surface area contributed by atoms with E-state index in [2.05, 4.69) is 4.98 Å². The Balaban J connectivity index is 2.51. The average molecular weight is 247 g/mol. The van der Waals surface area contributed by atoms with E-state index in [-0.39, 0.29) is 5.82 Å². The van der Waals surface area contributed by atoms with Crippen LogP contribution in [0, 0.1) is 5.82 Å². The Morgan fingerprint density at radius 2 is 2.06 bits per heavy atom. The molecule has 0 spiro atoms. The highest BCUT2D eigenvalue weighted by Crippen LogP contribution is 2.29. The lowest BCUT2D eigenvalue weighted by molar-refractivity contribution is 0.194. The van der Waals surface area contributed by atoms with Crippen molar-refractivity contribution in [2.24, 2.45) is 0 Å². The molecule has 0 fully saturated rings. The number of benzene rings is 1. The molecule has 94 valence electrons. The van der Waals surface area contributed by atoms with Gasteiger partial charge >= 0.3 is 0 Å². The predicted octanol–water partition coefficient (Wildman–Crippen LogP) is 2.95. The lowest BCUT2D eigenvalue weighted by Gasteiger charge is -2.10. The highest BCUT2D eigenvalue weighted by Gasteiger charge is 2.10. The summed E-state index contributed by atoms with van der Waals surface area (Å²) < 4.78 is 18.3. The minimum atomic E-state index is -0.642. The number of nitrogens with zero attached hydrogens (tertiary/aromatic N) is 1. The Morgan fingerprint density at radius 3 is 2.72 bits per heavy atom. The highest BCUT2D eigenvalue weighted by atomic mass is 19.1. The van der Waals surface area contributed by atoms with E-state index in [4.69, 9.17) is 4.74 Å². The number of aliphatic hydroxyl groups excluding tert-OH is 1. The van der Waals surface area contributed by atoms with Crippen LogP contribution in [0.15, 0.2) is 36.4 Å². The summed E-state index contributed by atoms with van der Waals surface area (Å²) in [7, 11) is 1.48. The largest absolute Gasteiger partial charge is 0.496 e. The first-order valence-electron chi connectivity index (χ1n) is 5.60. The molecule has 1 aromatic heterocycles. The molecule has 3 nitrogen and oxygen atoms in total. The molecule has 1 aromatic carbocycles. The first kappa shape index (κ1) is 12.5. The van der Waals surface area contributed by atoms with Crippen molar-refractivity contribution in [3.05, 3.63) is 47.9 Å². The summed E-state index contributed by atoms with van der Waals surface area (Å²) in [5.74, 6) is 0.0625. The standard InChI is InChI=1S/C14H14FNO2/c1-9(17)12-4-3-5-13(16-12)11-7-6-10(15)8-14(11)18-2/h3-9,17H,1-2H3. The molecular formula is C14H14FNO2. The van der Waals surface area contributed by atoms with Gasteiger partial charge in [-0.1, -0.05) is 6.07 Å². The SMILES string of the molecule is COc1cc(F)ccc1-c1cccc(C(C)O)n1. The van der Waals surface area contributed by atoms with Gasteiger partial charge in [0.25, 0.3) is 0 Å². The van der Waals surface area contributed by atoms with Gasteiger partial charge in [0.15, 0.2) is 0 Å². The third-order valence-electron chi connectivity index (χ3n) is 2.64. The fourth-order valence-electron chi connectivity index (χ4n) is 1.71. The van der Waals surface area contributed by atoms with Crippen LogP contribution in [0.1, 0.15) is 18.7 Å². The van der Waals surface area contributed by atoms with Crippen LogP contribution in [0.4, 0.5) is 4.39 Å². The van der Waals surface area contributed by atoms with Crippen LogP contribution >= 0.6 is 0 Å². The van der Waals surface area contributed by atoms with Gasteiger partial charge in [0.05, 0.1) is 24.6 Å². The molecule has 0 aliphatic rings. The monoisotopic (exact) mass is 247 g/mol. The van der Waals surface area contributed by atoms with Crippen LogP contribution in [0.25, 0.3) is 11.3 Å². The summed E-state index contributed by atoms with van der Waals surface area (Å²) in [4.78, 5) is 4.33. The number of ether oxygens (including phenoxy) is 1. The first-order chi connectivity index (χ1) is 8.61. The number of aliphatic hydroxyl groups is 1. The molecule has 1 atom stereocenters. The van der Waals surface area contributed by atoms with Gasteiger partial charge in [-0.05, 0) is 31.2 Å². The molecule has 1 heterocycles. The molecule has 0 saturated heterocycles. The van der Waals surface area contributed by atoms with Gasteiger partial charge in [-0.2, -0.15) is 0 Å². The highest BCUT2D eigenvalue weighted by molar-refractivity contribution is 5.67. The quantitative estimate of drug-likeness (QED) is 0.906. The van der Waals surface area contributed by atoms with Gasteiger partial charge in [0, 0.05) is 11.6 Å². The van der Waals surface area contributed by atoms with Crippen molar-refractivity contribution in [1.29, 1.82) is 0 Å². The summed E-state index contributed by atoms with van der Waals surface area (Å²) in [6, 6.07) is 9.61. The minimum Gasteiger partial charge on any atom is -0.496 e. The maximum absolute atomic E-state index is 13.1. The molecule has 1 unspecified atom stereocenters. The van der Waals surface area contributed by atoms with Crippen molar-refractivity contribution in [3.63, 3.8) is 0 Å². The van der Waals surface area contributed by atoms with Gasteiger partial charge in [0.2, 0.25) is 0 Å². The van der Waals surface area contributed by atoms with E-state index < -0.39 is 6.10 Å². The van der Waals surface area contributed by atoms with Gasteiger partial charge in [-0.3, -0.25) is 0 Å². The third-order valence-corrected chi connectivity index (χ3v) is 2.64. The van der Waals surface area contributed by atoms with E-state index in [1.54, 1.807) is 31.2 Å². The van der Waals surface area contributed by atoms with E-state index >= 15 is 0 Å². The molecule has 4 heteroatoms. The summed E-state index contributed by atoms with van der Waals surface area (Å²) in [6.45, 7) is 1.65. The number of hydrogen-bond acceptors (Lipinski definition) is 3. The second-order valence-corrected chi connectivity index (χ2v) is 3.97. The maximum Gasteiger partial charge on any atom is 0.131 e. The smallest absolute Gasteiger partial charge is 0.131 e. The minimum absolute atomic E-state index is 0.359. The van der Waals surface area contributed by atoms with Crippen LogP contribution < -0.4 is 4.74 Å². The molecule has 0 amide bonds. The summed E-state index contributed by atoms with van der Waals surface area (Å²) in [5.41, 5.74) is 1.91. The fourth-order valence-corrected chi connectivity index (χ4v) is 1.71. The average Bonchev–Trinajstić information content (AvgIpc) is 2.38. The van der Waals surface area contributed by atoms with Crippen molar-refractivity contribution < 1.29 is 14.2 Å². The molecule has 0 bridgehead atoms. The zero-order valence-electron chi connectivity index (χ0n) is 10.2. The van der Waals surface area contributed by atoms with Gasteiger partial charge < -0.3 is 9.84 Å². The van der Waals surface area contributed by atoms with E-state index in [0.29, 0.717) is 22.7 Å². The van der Waals surface area contributed by atoms with Gasteiger partial charge in [-0.15, -0.1) is 0 Å². The Labute approximate surface area is 105 Å². The molecule has 2 rings (SSSR count).